The first kappa shape index (κ1) is 16.7. The lowest BCUT2D eigenvalue weighted by molar-refractivity contribution is -0.137. The SMILES string of the molecule is Cc1nc(C)c(CC(=O)Nc2ccccc2C(F)(F)F)c(=O)[nH]1. The maximum atomic E-state index is 12.9. The van der Waals surface area contributed by atoms with E-state index in [9.17, 15) is 22.8 Å². The van der Waals surface area contributed by atoms with Crippen LogP contribution in [0.4, 0.5) is 18.9 Å². The van der Waals surface area contributed by atoms with E-state index in [2.05, 4.69) is 15.3 Å². The maximum absolute atomic E-state index is 12.9. The molecule has 0 unspecified atom stereocenters. The zero-order valence-corrected chi connectivity index (χ0v) is 12.4. The Bertz CT molecular complexity index is 797. The van der Waals surface area contributed by atoms with Gasteiger partial charge < -0.3 is 10.3 Å². The van der Waals surface area contributed by atoms with Crippen LogP contribution in [0.3, 0.4) is 0 Å². The molecule has 23 heavy (non-hydrogen) atoms. The number of aromatic nitrogens is 2. The highest BCUT2D eigenvalue weighted by Crippen LogP contribution is 2.34. The third kappa shape index (κ3) is 3.97. The standard InChI is InChI=1S/C15H14F3N3O2/c1-8-10(14(23)20-9(2)19-8)7-13(22)21-12-6-4-3-5-11(12)15(16,17)18/h3-6H,7H2,1-2H3,(H,21,22)(H,19,20,23). The fourth-order valence-electron chi connectivity index (χ4n) is 2.15. The van der Waals surface area contributed by atoms with Crippen molar-refractivity contribution in [1.82, 2.24) is 9.97 Å². The van der Waals surface area contributed by atoms with Gasteiger partial charge in [0, 0.05) is 11.3 Å². The van der Waals surface area contributed by atoms with Crippen molar-refractivity contribution < 1.29 is 18.0 Å². The average Bonchev–Trinajstić information content (AvgIpc) is 2.42. The quantitative estimate of drug-likeness (QED) is 0.911. The van der Waals surface area contributed by atoms with Crippen molar-refractivity contribution in [2.24, 2.45) is 0 Å². The van der Waals surface area contributed by atoms with Gasteiger partial charge in [-0.2, -0.15) is 13.2 Å². The number of aryl methyl sites for hydroxylation is 2. The van der Waals surface area contributed by atoms with Crippen LogP contribution in [0.5, 0.6) is 0 Å². The van der Waals surface area contributed by atoms with Gasteiger partial charge in [-0.3, -0.25) is 9.59 Å². The molecule has 0 bridgehead atoms. The molecule has 2 rings (SSSR count). The molecule has 8 heteroatoms. The van der Waals surface area contributed by atoms with Gasteiger partial charge in [-0.1, -0.05) is 12.1 Å². The van der Waals surface area contributed by atoms with E-state index in [1.54, 1.807) is 13.8 Å². The highest BCUT2D eigenvalue weighted by Gasteiger charge is 2.33. The number of rotatable bonds is 3. The molecule has 0 aliphatic heterocycles. The van der Waals surface area contributed by atoms with E-state index in [0.29, 0.717) is 11.5 Å². The zero-order chi connectivity index (χ0) is 17.2. The molecular weight excluding hydrogens is 311 g/mol. The lowest BCUT2D eigenvalue weighted by Crippen LogP contribution is -2.24. The molecule has 0 fully saturated rings. The summed E-state index contributed by atoms with van der Waals surface area (Å²) in [6.45, 7) is 3.16. The third-order valence-electron chi connectivity index (χ3n) is 3.18. The summed E-state index contributed by atoms with van der Waals surface area (Å²) >= 11 is 0. The van der Waals surface area contributed by atoms with Gasteiger partial charge in [0.2, 0.25) is 5.91 Å². The molecular formula is C15H14F3N3O2. The first-order chi connectivity index (χ1) is 10.7. The molecule has 1 aromatic heterocycles. The molecule has 0 saturated carbocycles. The number of anilines is 1. The largest absolute Gasteiger partial charge is 0.418 e. The number of hydrogen-bond donors (Lipinski definition) is 2. The van der Waals surface area contributed by atoms with Crippen LogP contribution in [-0.4, -0.2) is 15.9 Å². The highest BCUT2D eigenvalue weighted by atomic mass is 19.4. The Morgan fingerprint density at radius 3 is 2.52 bits per heavy atom. The molecule has 1 heterocycles. The number of carbonyl (C=O) groups is 1. The van der Waals surface area contributed by atoms with Crippen LogP contribution in [0.2, 0.25) is 0 Å². The first-order valence-electron chi connectivity index (χ1n) is 6.71. The van der Waals surface area contributed by atoms with Crippen LogP contribution in [0, 0.1) is 13.8 Å². The average molecular weight is 325 g/mol. The number of hydrogen-bond acceptors (Lipinski definition) is 3. The summed E-state index contributed by atoms with van der Waals surface area (Å²) in [6, 6.07) is 4.65. The summed E-state index contributed by atoms with van der Waals surface area (Å²) < 4.78 is 38.6. The zero-order valence-electron chi connectivity index (χ0n) is 12.4. The summed E-state index contributed by atoms with van der Waals surface area (Å²) in [5.74, 6) is -0.319. The van der Waals surface area contributed by atoms with E-state index in [4.69, 9.17) is 0 Å². The molecule has 5 nitrogen and oxygen atoms in total. The number of H-pyrrole nitrogens is 1. The molecule has 122 valence electrons. The Morgan fingerprint density at radius 1 is 1.26 bits per heavy atom. The van der Waals surface area contributed by atoms with E-state index in [-0.39, 0.29) is 17.7 Å². The van der Waals surface area contributed by atoms with Crippen LogP contribution in [0.1, 0.15) is 22.6 Å². The number of amides is 1. The molecule has 0 radical (unpaired) electrons. The second-order valence-corrected chi connectivity index (χ2v) is 4.98. The van der Waals surface area contributed by atoms with Gasteiger partial charge in [-0.15, -0.1) is 0 Å². The minimum Gasteiger partial charge on any atom is -0.325 e. The summed E-state index contributed by atoms with van der Waals surface area (Å²) in [5, 5.41) is 2.20. The van der Waals surface area contributed by atoms with Crippen molar-refractivity contribution in [2.75, 3.05) is 5.32 Å². The van der Waals surface area contributed by atoms with Gasteiger partial charge >= 0.3 is 6.18 Å². The van der Waals surface area contributed by atoms with Crippen LogP contribution >= 0.6 is 0 Å². The Morgan fingerprint density at radius 2 is 1.91 bits per heavy atom. The van der Waals surface area contributed by atoms with Crippen molar-refractivity contribution in [3.63, 3.8) is 0 Å². The van der Waals surface area contributed by atoms with Crippen LogP contribution in [0.25, 0.3) is 0 Å². The van der Waals surface area contributed by atoms with Gasteiger partial charge in [0.05, 0.1) is 17.7 Å². The predicted octanol–water partition coefficient (Wildman–Crippen LogP) is 2.59. The van der Waals surface area contributed by atoms with E-state index in [1.807, 2.05) is 0 Å². The van der Waals surface area contributed by atoms with Crippen LogP contribution < -0.4 is 10.9 Å². The Kier molecular flexibility index (Phi) is 4.53. The number of carbonyl (C=O) groups excluding carboxylic acids is 1. The predicted molar refractivity (Wildman–Crippen MR) is 78.1 cm³/mol. The van der Waals surface area contributed by atoms with Crippen LogP contribution in [0.15, 0.2) is 29.1 Å². The molecule has 1 amide bonds. The summed E-state index contributed by atoms with van der Waals surface area (Å²) in [6.07, 6.45) is -4.94. The first-order valence-corrected chi connectivity index (χ1v) is 6.71. The van der Waals surface area contributed by atoms with E-state index >= 15 is 0 Å². The number of alkyl halides is 3. The normalized spacial score (nSPS) is 11.3. The monoisotopic (exact) mass is 325 g/mol. The molecule has 0 aliphatic rings. The number of nitrogens with zero attached hydrogens (tertiary/aromatic N) is 1. The summed E-state index contributed by atoms with van der Waals surface area (Å²) in [7, 11) is 0. The van der Waals surface area contributed by atoms with E-state index < -0.39 is 23.2 Å². The fourth-order valence-corrected chi connectivity index (χ4v) is 2.15. The second kappa shape index (κ2) is 6.23. The number of nitrogens with one attached hydrogen (secondary N) is 2. The molecule has 0 atom stereocenters. The highest BCUT2D eigenvalue weighted by molar-refractivity contribution is 5.93. The smallest absolute Gasteiger partial charge is 0.325 e. The lowest BCUT2D eigenvalue weighted by Gasteiger charge is -2.13. The maximum Gasteiger partial charge on any atom is 0.418 e. The molecule has 0 saturated heterocycles. The molecule has 0 spiro atoms. The Hall–Kier alpha value is -2.64. The van der Waals surface area contributed by atoms with Gasteiger partial charge in [0.1, 0.15) is 5.82 Å². The van der Waals surface area contributed by atoms with Crippen molar-refractivity contribution in [3.05, 3.63) is 57.3 Å². The van der Waals surface area contributed by atoms with Gasteiger partial charge in [-0.05, 0) is 26.0 Å². The second-order valence-electron chi connectivity index (χ2n) is 4.98. The van der Waals surface area contributed by atoms with Crippen molar-refractivity contribution in [1.29, 1.82) is 0 Å². The van der Waals surface area contributed by atoms with Crippen molar-refractivity contribution in [3.8, 4) is 0 Å². The minimum atomic E-state index is -4.58. The fraction of sp³-hybridized carbons (Fsp3) is 0.267. The van der Waals surface area contributed by atoms with Gasteiger partial charge in [-0.25, -0.2) is 4.98 Å². The van der Waals surface area contributed by atoms with Gasteiger partial charge in [0.25, 0.3) is 5.56 Å². The number of halogens is 3. The summed E-state index contributed by atoms with van der Waals surface area (Å²) in [5.41, 5.74) is -1.28. The molecule has 0 aliphatic carbocycles. The third-order valence-corrected chi connectivity index (χ3v) is 3.18. The number of para-hydroxylation sites is 1. The van der Waals surface area contributed by atoms with Gasteiger partial charge in [0.15, 0.2) is 0 Å². The summed E-state index contributed by atoms with van der Waals surface area (Å²) in [4.78, 5) is 30.3. The lowest BCUT2D eigenvalue weighted by atomic mass is 10.1. The van der Waals surface area contributed by atoms with E-state index in [1.165, 1.54) is 12.1 Å². The molecule has 2 N–H and O–H groups in total. The number of aromatic amines is 1. The Balaban J connectivity index is 2.24. The van der Waals surface area contributed by atoms with Crippen molar-refractivity contribution >= 4 is 11.6 Å². The number of benzene rings is 1. The van der Waals surface area contributed by atoms with Crippen molar-refractivity contribution in [2.45, 2.75) is 26.4 Å². The topological polar surface area (TPSA) is 74.8 Å². The Labute approximate surface area is 129 Å². The molecule has 2 aromatic rings. The van der Waals surface area contributed by atoms with E-state index in [0.717, 1.165) is 12.1 Å². The minimum absolute atomic E-state index is 0.123. The van der Waals surface area contributed by atoms with Crippen LogP contribution in [-0.2, 0) is 17.4 Å². The molecule has 1 aromatic carbocycles.